The van der Waals surface area contributed by atoms with Gasteiger partial charge in [0.15, 0.2) is 5.76 Å². The molecule has 3 aromatic rings. The summed E-state index contributed by atoms with van der Waals surface area (Å²) in [6, 6.07) is 17.6. The van der Waals surface area contributed by atoms with Crippen molar-refractivity contribution in [3.8, 4) is 22.6 Å². The fraction of sp³-hybridized carbons (Fsp3) is 0.360. The van der Waals surface area contributed by atoms with Crippen molar-refractivity contribution in [2.45, 2.75) is 51.9 Å². The lowest BCUT2D eigenvalue weighted by atomic mass is 10.0. The Kier molecular flexibility index (Phi) is 7.62. The molecule has 29 heavy (non-hydrogen) atoms. The third-order valence-corrected chi connectivity index (χ3v) is 5.17. The maximum absolute atomic E-state index is 11.5. The highest BCUT2D eigenvalue weighted by molar-refractivity contribution is 5.89. The molecule has 0 atom stereocenters. The molecule has 0 aliphatic rings. The van der Waals surface area contributed by atoms with E-state index < -0.39 is 0 Å². The highest BCUT2D eigenvalue weighted by Gasteiger charge is 2.10. The first-order valence-electron chi connectivity index (χ1n) is 10.5. The molecule has 3 rings (SSSR count). The van der Waals surface area contributed by atoms with Crippen molar-refractivity contribution >= 4 is 5.97 Å². The number of esters is 1. The number of aryl methyl sites for hydroxylation is 1. The van der Waals surface area contributed by atoms with Gasteiger partial charge in [-0.25, -0.2) is 4.79 Å². The number of ether oxygens (including phenoxy) is 1. The molecule has 4 nitrogen and oxygen atoms in total. The van der Waals surface area contributed by atoms with Gasteiger partial charge in [-0.2, -0.15) is 0 Å². The first-order valence-corrected chi connectivity index (χ1v) is 10.5. The number of aromatic nitrogens is 1. The summed E-state index contributed by atoms with van der Waals surface area (Å²) in [5.74, 6) is 0.390. The van der Waals surface area contributed by atoms with Gasteiger partial charge < -0.3 is 9.26 Å². The van der Waals surface area contributed by atoms with Crippen LogP contribution in [0.4, 0.5) is 0 Å². The highest BCUT2D eigenvalue weighted by atomic mass is 16.5. The van der Waals surface area contributed by atoms with Gasteiger partial charge in [-0.3, -0.25) is 0 Å². The summed E-state index contributed by atoms with van der Waals surface area (Å²) in [6.07, 6.45) is 9.02. The Morgan fingerprint density at radius 3 is 2.24 bits per heavy atom. The molecule has 1 heterocycles. The van der Waals surface area contributed by atoms with Gasteiger partial charge in [0.1, 0.15) is 5.69 Å². The molecule has 0 bridgehead atoms. The van der Waals surface area contributed by atoms with Crippen molar-refractivity contribution in [2.24, 2.45) is 0 Å². The van der Waals surface area contributed by atoms with E-state index in [0.29, 0.717) is 5.56 Å². The third kappa shape index (κ3) is 5.80. The average molecular weight is 392 g/mol. The molecule has 4 heteroatoms. The molecule has 0 fully saturated rings. The predicted molar refractivity (Wildman–Crippen MR) is 116 cm³/mol. The van der Waals surface area contributed by atoms with Crippen LogP contribution in [0.25, 0.3) is 22.6 Å². The number of rotatable bonds is 10. The fourth-order valence-electron chi connectivity index (χ4n) is 3.39. The van der Waals surface area contributed by atoms with Gasteiger partial charge in [0.05, 0.1) is 12.7 Å². The normalized spacial score (nSPS) is 10.8. The lowest BCUT2D eigenvalue weighted by molar-refractivity contribution is 0.0601. The Hall–Kier alpha value is -2.88. The van der Waals surface area contributed by atoms with Crippen LogP contribution in [0.15, 0.2) is 59.1 Å². The number of carbonyl (C=O) groups is 1. The Morgan fingerprint density at radius 1 is 0.897 bits per heavy atom. The van der Waals surface area contributed by atoms with Crippen LogP contribution in [-0.2, 0) is 11.2 Å². The monoisotopic (exact) mass is 391 g/mol. The van der Waals surface area contributed by atoms with Gasteiger partial charge >= 0.3 is 5.97 Å². The molecule has 0 aliphatic carbocycles. The molecule has 0 unspecified atom stereocenters. The van der Waals surface area contributed by atoms with E-state index in [4.69, 9.17) is 9.26 Å². The second-order valence-corrected chi connectivity index (χ2v) is 7.36. The lowest BCUT2D eigenvalue weighted by Crippen LogP contribution is -2.00. The third-order valence-electron chi connectivity index (χ3n) is 5.17. The lowest BCUT2D eigenvalue weighted by Gasteiger charge is -2.03. The number of benzene rings is 2. The summed E-state index contributed by atoms with van der Waals surface area (Å²) in [6.45, 7) is 2.25. The van der Waals surface area contributed by atoms with Gasteiger partial charge in [0.25, 0.3) is 0 Å². The van der Waals surface area contributed by atoms with Crippen LogP contribution in [0.3, 0.4) is 0 Å². The zero-order chi connectivity index (χ0) is 20.5. The average Bonchev–Trinajstić information content (AvgIpc) is 3.26. The molecular formula is C25H29NO3. The van der Waals surface area contributed by atoms with E-state index in [1.165, 1.54) is 51.2 Å². The van der Waals surface area contributed by atoms with Crippen molar-refractivity contribution in [3.05, 3.63) is 65.7 Å². The first-order chi connectivity index (χ1) is 14.2. The zero-order valence-electron chi connectivity index (χ0n) is 17.3. The van der Waals surface area contributed by atoms with Crippen LogP contribution in [0, 0.1) is 0 Å². The topological polar surface area (TPSA) is 52.3 Å². The number of nitrogens with zero attached hydrogens (tertiary/aromatic N) is 1. The van der Waals surface area contributed by atoms with Crippen molar-refractivity contribution in [3.63, 3.8) is 0 Å². The second kappa shape index (κ2) is 10.6. The summed E-state index contributed by atoms with van der Waals surface area (Å²) in [4.78, 5) is 11.5. The summed E-state index contributed by atoms with van der Waals surface area (Å²) in [5.41, 5.74) is 4.53. The van der Waals surface area contributed by atoms with E-state index in [2.05, 4.69) is 36.3 Å². The maximum Gasteiger partial charge on any atom is 0.337 e. The number of hydrogen-bond acceptors (Lipinski definition) is 4. The minimum atomic E-state index is -0.349. The van der Waals surface area contributed by atoms with Gasteiger partial charge in [-0.05, 0) is 30.5 Å². The van der Waals surface area contributed by atoms with E-state index >= 15 is 0 Å². The van der Waals surface area contributed by atoms with E-state index in [1.54, 1.807) is 12.1 Å². The van der Waals surface area contributed by atoms with Gasteiger partial charge in [0, 0.05) is 17.2 Å². The van der Waals surface area contributed by atoms with Crippen molar-refractivity contribution in [2.75, 3.05) is 7.11 Å². The van der Waals surface area contributed by atoms with Crippen LogP contribution in [-0.4, -0.2) is 18.2 Å². The van der Waals surface area contributed by atoms with Gasteiger partial charge in [0.2, 0.25) is 0 Å². The quantitative estimate of drug-likeness (QED) is 0.285. The van der Waals surface area contributed by atoms with Crippen molar-refractivity contribution in [1.82, 2.24) is 5.16 Å². The molecule has 152 valence electrons. The Labute approximate surface area is 172 Å². The SMILES string of the molecule is CCCCCCCCc1ccc(-c2cc(-c3ccc(C(=O)OC)cc3)no2)cc1. The summed E-state index contributed by atoms with van der Waals surface area (Å²) < 4.78 is 10.3. The van der Waals surface area contributed by atoms with E-state index in [-0.39, 0.29) is 5.97 Å². The van der Waals surface area contributed by atoms with Crippen LogP contribution >= 0.6 is 0 Å². The van der Waals surface area contributed by atoms with Crippen molar-refractivity contribution < 1.29 is 14.1 Å². The van der Waals surface area contributed by atoms with Crippen molar-refractivity contribution in [1.29, 1.82) is 0 Å². The number of methoxy groups -OCH3 is 1. The summed E-state index contributed by atoms with van der Waals surface area (Å²) >= 11 is 0. The molecule has 0 amide bonds. The van der Waals surface area contributed by atoms with E-state index in [1.807, 2.05) is 18.2 Å². The Bertz CT molecular complexity index is 895. The Morgan fingerprint density at radius 2 is 1.55 bits per heavy atom. The summed E-state index contributed by atoms with van der Waals surface area (Å²) in [7, 11) is 1.37. The molecule has 0 N–H and O–H groups in total. The van der Waals surface area contributed by atoms with E-state index in [9.17, 15) is 4.79 Å². The molecular weight excluding hydrogens is 362 g/mol. The standard InChI is InChI=1S/C25H29NO3/c1-3-4-5-6-7-8-9-19-10-12-21(13-11-19)24-18-23(26-29-24)20-14-16-22(17-15-20)25(27)28-2/h10-18H,3-9H2,1-2H3. The molecule has 0 spiro atoms. The number of hydrogen-bond donors (Lipinski definition) is 0. The fourth-order valence-corrected chi connectivity index (χ4v) is 3.39. The highest BCUT2D eigenvalue weighted by Crippen LogP contribution is 2.27. The number of unbranched alkanes of at least 4 members (excludes halogenated alkanes) is 5. The minimum absolute atomic E-state index is 0.349. The van der Waals surface area contributed by atoms with E-state index in [0.717, 1.165) is 29.0 Å². The molecule has 0 aliphatic heterocycles. The zero-order valence-corrected chi connectivity index (χ0v) is 17.3. The smallest absolute Gasteiger partial charge is 0.337 e. The second-order valence-electron chi connectivity index (χ2n) is 7.36. The molecule has 2 aromatic carbocycles. The number of carbonyl (C=O) groups excluding carboxylic acids is 1. The Balaban J connectivity index is 1.58. The van der Waals surface area contributed by atoms with Gasteiger partial charge in [-0.15, -0.1) is 0 Å². The van der Waals surface area contributed by atoms with Crippen LogP contribution in [0.5, 0.6) is 0 Å². The molecule has 0 saturated heterocycles. The maximum atomic E-state index is 11.5. The van der Waals surface area contributed by atoms with Crippen LogP contribution in [0.2, 0.25) is 0 Å². The predicted octanol–water partition coefficient (Wildman–Crippen LogP) is 6.70. The van der Waals surface area contributed by atoms with Crippen LogP contribution in [0.1, 0.15) is 61.4 Å². The van der Waals surface area contributed by atoms with Gasteiger partial charge in [-0.1, -0.05) is 80.6 Å². The first kappa shape index (κ1) is 20.8. The largest absolute Gasteiger partial charge is 0.465 e. The molecule has 1 aromatic heterocycles. The minimum Gasteiger partial charge on any atom is -0.465 e. The van der Waals surface area contributed by atoms with Crippen LogP contribution < -0.4 is 0 Å². The summed E-state index contributed by atoms with van der Waals surface area (Å²) in [5, 5.41) is 4.17. The molecule has 0 saturated carbocycles. The molecule has 0 radical (unpaired) electrons.